The van der Waals surface area contributed by atoms with E-state index in [0.29, 0.717) is 16.3 Å². The predicted molar refractivity (Wildman–Crippen MR) is 98.0 cm³/mol. The Bertz CT molecular complexity index is 923. The number of thiophene rings is 1. The predicted octanol–water partition coefficient (Wildman–Crippen LogP) is 3.62. The molecule has 4 rings (SSSR count). The lowest BCUT2D eigenvalue weighted by atomic mass is 9.93. The van der Waals surface area contributed by atoms with Crippen LogP contribution < -0.4 is 5.32 Å². The summed E-state index contributed by atoms with van der Waals surface area (Å²) in [7, 11) is 0. The van der Waals surface area contributed by atoms with Crippen LogP contribution in [0.3, 0.4) is 0 Å². The summed E-state index contributed by atoms with van der Waals surface area (Å²) in [6.07, 6.45) is 1.50. The highest BCUT2D eigenvalue weighted by Gasteiger charge is 2.35. The van der Waals surface area contributed by atoms with Crippen LogP contribution in [0.4, 0.5) is 0 Å². The normalized spacial score (nSPS) is 13.6. The second kappa shape index (κ2) is 6.44. The largest absolute Gasteiger partial charge is 0.466 e. The zero-order valence-corrected chi connectivity index (χ0v) is 14.6. The molecular weight excluding hydrogens is 356 g/mol. The lowest BCUT2D eigenvalue weighted by molar-refractivity contribution is 0.0528. The van der Waals surface area contributed by atoms with Gasteiger partial charge in [0.1, 0.15) is 5.76 Å². The second-order valence-corrected chi connectivity index (χ2v) is 7.33. The van der Waals surface area contributed by atoms with E-state index in [2.05, 4.69) is 10.3 Å². The molecule has 3 aromatic heterocycles. The van der Waals surface area contributed by atoms with Crippen molar-refractivity contribution in [1.29, 1.82) is 0 Å². The summed E-state index contributed by atoms with van der Waals surface area (Å²) >= 11 is 2.80. The molecule has 0 bridgehead atoms. The molecular formula is C18H14N2O3S2. The van der Waals surface area contributed by atoms with Crippen LogP contribution in [0.15, 0.2) is 63.9 Å². The second-order valence-electron chi connectivity index (χ2n) is 5.52. The molecule has 4 aromatic rings. The van der Waals surface area contributed by atoms with Gasteiger partial charge in [-0.3, -0.25) is 4.79 Å². The van der Waals surface area contributed by atoms with Crippen LogP contribution in [0.1, 0.15) is 21.1 Å². The highest BCUT2D eigenvalue weighted by atomic mass is 32.1. The standard InChI is InChI=1S/C18H14N2O3S2/c21-16(17-20-13-4-1-2-5-14(13)25-17)19-11-18(22,12-7-9-24-10-12)15-6-3-8-23-15/h1-10,22H,11H2,(H,19,21)/t18-/m1/s1. The van der Waals surface area contributed by atoms with E-state index in [0.717, 1.165) is 10.2 Å². The van der Waals surface area contributed by atoms with Gasteiger partial charge < -0.3 is 14.8 Å². The Morgan fingerprint density at radius 3 is 2.84 bits per heavy atom. The van der Waals surface area contributed by atoms with Gasteiger partial charge in [-0.05, 0) is 41.1 Å². The van der Waals surface area contributed by atoms with Crippen LogP contribution in [0.25, 0.3) is 10.2 Å². The molecule has 1 aromatic carbocycles. The van der Waals surface area contributed by atoms with E-state index in [1.54, 1.807) is 12.1 Å². The zero-order chi connectivity index (χ0) is 17.3. The molecule has 126 valence electrons. The Hall–Kier alpha value is -2.48. The van der Waals surface area contributed by atoms with Gasteiger partial charge in [0.15, 0.2) is 10.6 Å². The van der Waals surface area contributed by atoms with E-state index in [-0.39, 0.29) is 12.5 Å². The van der Waals surface area contributed by atoms with Gasteiger partial charge in [0.2, 0.25) is 0 Å². The number of nitrogens with zero attached hydrogens (tertiary/aromatic N) is 1. The molecule has 7 heteroatoms. The van der Waals surface area contributed by atoms with E-state index in [4.69, 9.17) is 4.42 Å². The molecule has 0 aliphatic heterocycles. The maximum atomic E-state index is 12.5. The van der Waals surface area contributed by atoms with E-state index >= 15 is 0 Å². The van der Waals surface area contributed by atoms with Gasteiger partial charge >= 0.3 is 0 Å². The molecule has 0 saturated carbocycles. The van der Waals surface area contributed by atoms with Crippen LogP contribution in [0, 0.1) is 0 Å². The van der Waals surface area contributed by atoms with Crippen LogP contribution in [0.5, 0.6) is 0 Å². The van der Waals surface area contributed by atoms with Gasteiger partial charge in [0, 0.05) is 5.56 Å². The van der Waals surface area contributed by atoms with Crippen molar-refractivity contribution in [2.45, 2.75) is 5.60 Å². The number of furan rings is 1. The molecule has 0 saturated heterocycles. The fourth-order valence-electron chi connectivity index (χ4n) is 2.60. The van der Waals surface area contributed by atoms with Crippen LogP contribution >= 0.6 is 22.7 Å². The Morgan fingerprint density at radius 1 is 1.24 bits per heavy atom. The van der Waals surface area contributed by atoms with Gasteiger partial charge in [-0.1, -0.05) is 12.1 Å². The Labute approximate surface area is 151 Å². The lowest BCUT2D eigenvalue weighted by Crippen LogP contribution is -2.41. The first kappa shape index (κ1) is 16.0. The van der Waals surface area contributed by atoms with Crippen molar-refractivity contribution in [3.8, 4) is 0 Å². The van der Waals surface area contributed by atoms with Gasteiger partial charge in [-0.15, -0.1) is 11.3 Å². The minimum atomic E-state index is -1.42. The van der Waals surface area contributed by atoms with Crippen molar-refractivity contribution in [3.05, 3.63) is 75.8 Å². The topological polar surface area (TPSA) is 75.4 Å². The maximum absolute atomic E-state index is 12.5. The number of benzene rings is 1. The molecule has 0 unspecified atom stereocenters. The number of amides is 1. The number of rotatable bonds is 5. The minimum Gasteiger partial charge on any atom is -0.466 e. The van der Waals surface area contributed by atoms with Crippen molar-refractivity contribution in [2.24, 2.45) is 0 Å². The number of para-hydroxylation sites is 1. The van der Waals surface area contributed by atoms with Crippen molar-refractivity contribution in [3.63, 3.8) is 0 Å². The summed E-state index contributed by atoms with van der Waals surface area (Å²) < 4.78 is 6.35. The number of fused-ring (bicyclic) bond motifs is 1. The van der Waals surface area contributed by atoms with E-state index in [1.807, 2.05) is 41.1 Å². The SMILES string of the molecule is O=C(NC[C@@](O)(c1ccsc1)c1ccco1)c1nc2ccccc2s1. The van der Waals surface area contributed by atoms with Gasteiger partial charge in [-0.2, -0.15) is 11.3 Å². The highest BCUT2D eigenvalue weighted by Crippen LogP contribution is 2.31. The molecule has 0 fully saturated rings. The van der Waals surface area contributed by atoms with Gasteiger partial charge in [0.05, 0.1) is 23.0 Å². The molecule has 0 aliphatic rings. The van der Waals surface area contributed by atoms with Gasteiger partial charge in [0.25, 0.3) is 5.91 Å². The summed E-state index contributed by atoms with van der Waals surface area (Å²) in [6.45, 7) is -0.00793. The van der Waals surface area contributed by atoms with Crippen molar-refractivity contribution in [1.82, 2.24) is 10.3 Å². The summed E-state index contributed by atoms with van der Waals surface area (Å²) in [4.78, 5) is 16.8. The van der Waals surface area contributed by atoms with Crippen molar-refractivity contribution >= 4 is 38.8 Å². The number of hydrogen-bond acceptors (Lipinski definition) is 6. The fraction of sp³-hybridized carbons (Fsp3) is 0.111. The van der Waals surface area contributed by atoms with Gasteiger partial charge in [-0.25, -0.2) is 4.98 Å². The first-order chi connectivity index (χ1) is 12.2. The molecule has 25 heavy (non-hydrogen) atoms. The third-order valence-corrected chi connectivity index (χ3v) is 5.64. The minimum absolute atomic E-state index is 0.00793. The third-order valence-electron chi connectivity index (χ3n) is 3.92. The first-order valence-corrected chi connectivity index (χ1v) is 9.35. The monoisotopic (exact) mass is 370 g/mol. The molecule has 5 nitrogen and oxygen atoms in total. The van der Waals surface area contributed by atoms with E-state index < -0.39 is 5.60 Å². The summed E-state index contributed by atoms with van der Waals surface area (Å²) in [6, 6.07) is 12.8. The molecule has 0 radical (unpaired) electrons. The van der Waals surface area contributed by atoms with E-state index in [1.165, 1.54) is 28.9 Å². The third kappa shape index (κ3) is 2.97. The molecule has 1 atom stereocenters. The van der Waals surface area contributed by atoms with Crippen LogP contribution in [-0.2, 0) is 5.60 Å². The van der Waals surface area contributed by atoms with E-state index in [9.17, 15) is 9.90 Å². The fourth-order valence-corrected chi connectivity index (χ4v) is 4.20. The Morgan fingerprint density at radius 2 is 2.12 bits per heavy atom. The number of carbonyl (C=O) groups excluding carboxylic acids is 1. The Balaban J connectivity index is 1.58. The van der Waals surface area contributed by atoms with Crippen molar-refractivity contribution < 1.29 is 14.3 Å². The average Bonchev–Trinajstić information content (AvgIpc) is 3.40. The molecule has 2 N–H and O–H groups in total. The number of aromatic nitrogens is 1. The van der Waals surface area contributed by atoms with Crippen LogP contribution in [-0.4, -0.2) is 22.5 Å². The smallest absolute Gasteiger partial charge is 0.280 e. The first-order valence-electron chi connectivity index (χ1n) is 7.59. The molecule has 1 amide bonds. The zero-order valence-electron chi connectivity index (χ0n) is 13.0. The lowest BCUT2D eigenvalue weighted by Gasteiger charge is -2.25. The number of aliphatic hydroxyl groups is 1. The number of thiazole rings is 1. The number of carbonyl (C=O) groups is 1. The highest BCUT2D eigenvalue weighted by molar-refractivity contribution is 7.20. The summed E-state index contributed by atoms with van der Waals surface area (Å²) in [5.74, 6) is 0.0666. The summed E-state index contributed by atoms with van der Waals surface area (Å²) in [5.41, 5.74) is 0.0457. The molecule has 3 heterocycles. The quantitative estimate of drug-likeness (QED) is 0.563. The number of nitrogens with one attached hydrogen (secondary N) is 1. The molecule has 0 aliphatic carbocycles. The average molecular weight is 370 g/mol. The van der Waals surface area contributed by atoms with Crippen molar-refractivity contribution in [2.75, 3.05) is 6.54 Å². The Kier molecular flexibility index (Phi) is 4.12. The molecule has 0 spiro atoms. The number of hydrogen-bond donors (Lipinski definition) is 2. The van der Waals surface area contributed by atoms with Crippen LogP contribution in [0.2, 0.25) is 0 Å². The maximum Gasteiger partial charge on any atom is 0.280 e. The summed E-state index contributed by atoms with van der Waals surface area (Å²) in [5, 5.41) is 18.0.